The number of aliphatic hydroxyl groups is 2. The predicted molar refractivity (Wildman–Crippen MR) is 115 cm³/mol. The third-order valence-corrected chi connectivity index (χ3v) is 7.73. The molecule has 4 aliphatic heterocycles. The molecule has 6 rings (SSSR count). The van der Waals surface area contributed by atoms with Crippen molar-refractivity contribution in [3.05, 3.63) is 62.6 Å². The lowest BCUT2D eigenvalue weighted by molar-refractivity contribution is -0.135. The van der Waals surface area contributed by atoms with Crippen LogP contribution in [0.15, 0.2) is 35.4 Å². The normalized spacial score (nSPS) is 28.7. The molecule has 1 aromatic heterocycles. The van der Waals surface area contributed by atoms with Gasteiger partial charge in [-0.2, -0.15) is 0 Å². The van der Waals surface area contributed by atoms with Gasteiger partial charge in [-0.15, -0.1) is 10.2 Å². The van der Waals surface area contributed by atoms with Crippen molar-refractivity contribution in [1.29, 1.82) is 0 Å². The number of rotatable bonds is 3. The first-order valence-corrected chi connectivity index (χ1v) is 11.6. The molecule has 3 fully saturated rings. The van der Waals surface area contributed by atoms with E-state index in [1.54, 1.807) is 4.90 Å². The second-order valence-corrected chi connectivity index (χ2v) is 9.92. The largest absolute Gasteiger partial charge is 0.507 e. The molecule has 1 amide bonds. The zero-order valence-corrected chi connectivity index (χ0v) is 18.4. The molecule has 0 aliphatic carbocycles. The molecule has 0 radical (unpaired) electrons. The Bertz CT molecular complexity index is 1240. The zero-order chi connectivity index (χ0) is 23.0. The lowest BCUT2D eigenvalue weighted by Crippen LogP contribution is -2.60. The second-order valence-electron chi connectivity index (χ2n) is 8.86. The number of aromatic nitrogens is 2. The Hall–Kier alpha value is -2.89. The van der Waals surface area contributed by atoms with Gasteiger partial charge < -0.3 is 20.0 Å². The number of benzene rings is 1. The number of hydrogen-bond acceptors (Lipinski definition) is 8. The minimum absolute atomic E-state index is 0.0528. The molecule has 0 bridgehead atoms. The van der Waals surface area contributed by atoms with Crippen LogP contribution in [0.3, 0.4) is 0 Å². The van der Waals surface area contributed by atoms with Gasteiger partial charge in [0.25, 0.3) is 5.91 Å². The fraction of sp³-hybridized carbons (Fsp3) is 0.409. The molecule has 3 saturated heterocycles. The molecule has 5 heterocycles. The van der Waals surface area contributed by atoms with E-state index < -0.39 is 17.7 Å². The molecule has 3 N–H and O–H groups in total. The molecule has 33 heavy (non-hydrogen) atoms. The molecule has 11 heteroatoms. The summed E-state index contributed by atoms with van der Waals surface area (Å²) in [6, 6.07) is 3.46. The SMILES string of the molecule is C[C@H]1CN2C(=O)C3=C(O)C(O)C(c4nnc(Cc5ccc(F)cc5F)s4)=C4CCC(C2N1)N43. The van der Waals surface area contributed by atoms with Crippen molar-refractivity contribution >= 4 is 22.8 Å². The van der Waals surface area contributed by atoms with Crippen LogP contribution in [0.25, 0.3) is 5.57 Å². The summed E-state index contributed by atoms with van der Waals surface area (Å²) in [6.45, 7) is 2.56. The van der Waals surface area contributed by atoms with Crippen molar-refractivity contribution in [2.75, 3.05) is 6.54 Å². The highest BCUT2D eigenvalue weighted by molar-refractivity contribution is 7.12. The maximum Gasteiger partial charge on any atom is 0.275 e. The summed E-state index contributed by atoms with van der Waals surface area (Å²) in [5.41, 5.74) is 1.60. The second kappa shape index (κ2) is 7.31. The lowest BCUT2D eigenvalue weighted by atomic mass is 9.97. The fourth-order valence-electron chi connectivity index (χ4n) is 5.37. The van der Waals surface area contributed by atoms with E-state index in [0.29, 0.717) is 28.6 Å². The van der Waals surface area contributed by atoms with Gasteiger partial charge in [-0.25, -0.2) is 8.78 Å². The summed E-state index contributed by atoms with van der Waals surface area (Å²) in [6.07, 6.45) is -0.0723. The van der Waals surface area contributed by atoms with E-state index >= 15 is 0 Å². The Morgan fingerprint density at radius 2 is 2.12 bits per heavy atom. The van der Waals surface area contributed by atoms with Crippen LogP contribution >= 0.6 is 11.3 Å². The van der Waals surface area contributed by atoms with Crippen molar-refractivity contribution in [2.24, 2.45) is 0 Å². The van der Waals surface area contributed by atoms with Crippen LogP contribution in [0.5, 0.6) is 0 Å². The summed E-state index contributed by atoms with van der Waals surface area (Å²) in [5.74, 6) is -2.00. The highest BCUT2D eigenvalue weighted by Crippen LogP contribution is 2.48. The number of carbonyl (C=O) groups excluding carboxylic acids is 1. The predicted octanol–water partition coefficient (Wildman–Crippen LogP) is 1.89. The number of aliphatic hydroxyl groups excluding tert-OH is 2. The molecule has 172 valence electrons. The molecule has 0 saturated carbocycles. The van der Waals surface area contributed by atoms with Crippen LogP contribution in [0.2, 0.25) is 0 Å². The van der Waals surface area contributed by atoms with E-state index in [1.807, 2.05) is 11.8 Å². The summed E-state index contributed by atoms with van der Waals surface area (Å²) in [4.78, 5) is 16.8. The smallest absolute Gasteiger partial charge is 0.275 e. The molecule has 3 unspecified atom stereocenters. The highest BCUT2D eigenvalue weighted by atomic mass is 32.1. The Morgan fingerprint density at radius 3 is 2.91 bits per heavy atom. The first-order chi connectivity index (χ1) is 15.8. The van der Waals surface area contributed by atoms with E-state index in [-0.39, 0.29) is 47.6 Å². The van der Waals surface area contributed by atoms with E-state index in [4.69, 9.17) is 0 Å². The van der Waals surface area contributed by atoms with Crippen LogP contribution in [-0.4, -0.2) is 67.0 Å². The van der Waals surface area contributed by atoms with Crippen LogP contribution in [0, 0.1) is 11.6 Å². The number of carbonyl (C=O) groups is 1. The average molecular weight is 474 g/mol. The third kappa shape index (κ3) is 3.02. The van der Waals surface area contributed by atoms with Gasteiger partial charge in [0.05, 0.1) is 6.04 Å². The maximum atomic E-state index is 14.1. The number of allylic oxidation sites excluding steroid dienone is 1. The number of halogens is 2. The van der Waals surface area contributed by atoms with Gasteiger partial charge in [0.15, 0.2) is 5.76 Å². The van der Waals surface area contributed by atoms with Gasteiger partial charge in [-0.1, -0.05) is 17.4 Å². The summed E-state index contributed by atoms with van der Waals surface area (Å²) >= 11 is 1.18. The minimum Gasteiger partial charge on any atom is -0.507 e. The van der Waals surface area contributed by atoms with Crippen LogP contribution in [-0.2, 0) is 11.2 Å². The topological polar surface area (TPSA) is 102 Å². The van der Waals surface area contributed by atoms with Crippen molar-refractivity contribution in [1.82, 2.24) is 25.3 Å². The Kier molecular flexibility index (Phi) is 4.58. The molecule has 8 nitrogen and oxygen atoms in total. The van der Waals surface area contributed by atoms with Gasteiger partial charge >= 0.3 is 0 Å². The zero-order valence-electron chi connectivity index (χ0n) is 17.6. The number of nitrogens with zero attached hydrogens (tertiary/aromatic N) is 4. The summed E-state index contributed by atoms with van der Waals surface area (Å²) in [7, 11) is 0. The standard InChI is InChI=1S/C22H21F2N5O3S/c1-9-8-28-20(25-9)14-5-4-13-16(18(30)19(31)17(22(28)32)29(13)14)21-27-26-15(33-21)6-10-2-3-11(23)7-12(10)24/h2-3,7,9,14,18,20,25,30-31H,4-6,8H2,1H3/t9-,14?,18?,20?/m0/s1. The Balaban J connectivity index is 1.37. The number of hydrogen-bond donors (Lipinski definition) is 3. The summed E-state index contributed by atoms with van der Waals surface area (Å²) < 4.78 is 27.3. The first-order valence-electron chi connectivity index (χ1n) is 10.8. The molecule has 2 aromatic rings. The monoisotopic (exact) mass is 473 g/mol. The van der Waals surface area contributed by atoms with Crippen LogP contribution < -0.4 is 5.32 Å². The number of piperazine rings is 1. The van der Waals surface area contributed by atoms with Crippen LogP contribution in [0.1, 0.15) is 35.3 Å². The lowest BCUT2D eigenvalue weighted by Gasteiger charge is -2.45. The molecular formula is C22H21F2N5O3S. The van der Waals surface area contributed by atoms with Gasteiger partial charge in [0.1, 0.15) is 39.6 Å². The fourth-order valence-corrected chi connectivity index (χ4v) is 6.32. The van der Waals surface area contributed by atoms with Gasteiger partial charge in [0.2, 0.25) is 0 Å². The van der Waals surface area contributed by atoms with Crippen molar-refractivity contribution < 1.29 is 23.8 Å². The maximum absolute atomic E-state index is 14.1. The number of amides is 1. The molecule has 4 atom stereocenters. The molecule has 4 aliphatic rings. The molecule has 0 spiro atoms. The minimum atomic E-state index is -1.40. The van der Waals surface area contributed by atoms with E-state index in [1.165, 1.54) is 23.5 Å². The van der Waals surface area contributed by atoms with Gasteiger partial charge in [-0.05, 0) is 31.4 Å². The summed E-state index contributed by atoms with van der Waals surface area (Å²) in [5, 5.41) is 34.6. The van der Waals surface area contributed by atoms with E-state index in [0.717, 1.165) is 18.2 Å². The van der Waals surface area contributed by atoms with Gasteiger partial charge in [-0.3, -0.25) is 10.1 Å². The quantitative estimate of drug-likeness (QED) is 0.626. The Labute approximate surface area is 191 Å². The van der Waals surface area contributed by atoms with Gasteiger partial charge in [0, 0.05) is 36.3 Å². The van der Waals surface area contributed by atoms with Crippen molar-refractivity contribution in [3.63, 3.8) is 0 Å². The van der Waals surface area contributed by atoms with Crippen molar-refractivity contribution in [2.45, 2.75) is 50.5 Å². The third-order valence-electron chi connectivity index (χ3n) is 6.77. The first kappa shape index (κ1) is 20.7. The van der Waals surface area contributed by atoms with E-state index in [2.05, 4.69) is 15.5 Å². The number of nitrogens with one attached hydrogen (secondary N) is 1. The molecule has 1 aromatic carbocycles. The molecular weight excluding hydrogens is 452 g/mol. The van der Waals surface area contributed by atoms with Crippen molar-refractivity contribution in [3.8, 4) is 0 Å². The highest BCUT2D eigenvalue weighted by Gasteiger charge is 2.55. The average Bonchev–Trinajstić information content (AvgIpc) is 3.49. The number of fused-ring (bicyclic) bond motifs is 2. The Morgan fingerprint density at radius 1 is 1.30 bits per heavy atom. The van der Waals surface area contributed by atoms with Crippen LogP contribution in [0.4, 0.5) is 8.78 Å². The van der Waals surface area contributed by atoms with E-state index in [9.17, 15) is 23.8 Å².